The molecule has 1 aromatic rings. The monoisotopic (exact) mass is 291 g/mol. The van der Waals surface area contributed by atoms with E-state index in [9.17, 15) is 4.79 Å². The van der Waals surface area contributed by atoms with E-state index in [1.54, 1.807) is 6.92 Å². The molecule has 1 atom stereocenters. The fourth-order valence-electron chi connectivity index (χ4n) is 2.67. The summed E-state index contributed by atoms with van der Waals surface area (Å²) in [5.74, 6) is -0.140. The van der Waals surface area contributed by atoms with Crippen LogP contribution >= 0.6 is 0 Å². The minimum absolute atomic E-state index is 0.242. The first-order valence-corrected chi connectivity index (χ1v) is 7.69. The lowest BCUT2D eigenvalue weighted by Gasteiger charge is -2.30. The molecule has 1 N–H and O–H groups in total. The van der Waals surface area contributed by atoms with Crippen molar-refractivity contribution in [1.29, 1.82) is 0 Å². The third kappa shape index (κ3) is 3.86. The van der Waals surface area contributed by atoms with Crippen molar-refractivity contribution >= 4 is 17.5 Å². The number of carboxylic acid groups (broad SMARTS) is 1. The fourth-order valence-corrected chi connectivity index (χ4v) is 2.67. The molecule has 1 aliphatic heterocycles. The highest BCUT2D eigenvalue weighted by Gasteiger charge is 2.20. The van der Waals surface area contributed by atoms with Gasteiger partial charge in [-0.25, -0.2) is 4.98 Å². The van der Waals surface area contributed by atoms with Gasteiger partial charge in [-0.15, -0.1) is 0 Å². The van der Waals surface area contributed by atoms with Gasteiger partial charge in [0, 0.05) is 25.7 Å². The van der Waals surface area contributed by atoms with E-state index in [4.69, 9.17) is 5.11 Å². The summed E-state index contributed by atoms with van der Waals surface area (Å²) in [7, 11) is 0. The van der Waals surface area contributed by atoms with Crippen LogP contribution in [0.2, 0.25) is 0 Å². The summed E-state index contributed by atoms with van der Waals surface area (Å²) in [6.45, 7) is 8.54. The normalized spacial score (nSPS) is 16.3. The molecule has 1 saturated heterocycles. The van der Waals surface area contributed by atoms with Gasteiger partial charge in [-0.3, -0.25) is 4.79 Å². The van der Waals surface area contributed by atoms with Crippen molar-refractivity contribution in [3.8, 4) is 0 Å². The van der Waals surface area contributed by atoms with Crippen molar-refractivity contribution in [2.45, 2.75) is 39.7 Å². The number of aromatic nitrogens is 1. The molecule has 116 valence electrons. The number of pyridine rings is 1. The molecule has 0 saturated carbocycles. The molecular formula is C16H25N3O2. The highest BCUT2D eigenvalue weighted by molar-refractivity contribution is 5.70. The molecule has 1 aromatic heterocycles. The molecule has 0 radical (unpaired) electrons. The van der Waals surface area contributed by atoms with Gasteiger partial charge in [0.25, 0.3) is 0 Å². The van der Waals surface area contributed by atoms with Crippen LogP contribution in [0, 0.1) is 5.92 Å². The van der Waals surface area contributed by atoms with E-state index in [0.29, 0.717) is 6.54 Å². The summed E-state index contributed by atoms with van der Waals surface area (Å²) in [6.07, 6.45) is 4.33. The summed E-state index contributed by atoms with van der Waals surface area (Å²) in [5.41, 5.74) is 0.987. The number of aliphatic carboxylic acids is 1. The maximum atomic E-state index is 11.1. The van der Waals surface area contributed by atoms with E-state index < -0.39 is 11.9 Å². The Labute approximate surface area is 126 Å². The molecule has 2 rings (SSSR count). The van der Waals surface area contributed by atoms with Gasteiger partial charge in [0.1, 0.15) is 5.82 Å². The Morgan fingerprint density at radius 1 is 1.33 bits per heavy atom. The first-order chi connectivity index (χ1) is 9.99. The molecule has 5 heteroatoms. The number of anilines is 2. The first kappa shape index (κ1) is 15.6. The Balaban J connectivity index is 2.11. The van der Waals surface area contributed by atoms with Gasteiger partial charge in [-0.2, -0.15) is 0 Å². The highest BCUT2D eigenvalue weighted by atomic mass is 16.4. The Morgan fingerprint density at radius 2 is 2.00 bits per heavy atom. The van der Waals surface area contributed by atoms with Crippen molar-refractivity contribution in [2.75, 3.05) is 29.4 Å². The predicted octanol–water partition coefficient (Wildman–Crippen LogP) is 2.62. The van der Waals surface area contributed by atoms with Gasteiger partial charge in [-0.1, -0.05) is 6.92 Å². The Kier molecular flexibility index (Phi) is 5.04. The van der Waals surface area contributed by atoms with E-state index in [-0.39, 0.29) is 6.04 Å². The van der Waals surface area contributed by atoms with Crippen LogP contribution in [0.25, 0.3) is 0 Å². The molecule has 0 aromatic carbocycles. The number of nitrogens with zero attached hydrogens (tertiary/aromatic N) is 3. The van der Waals surface area contributed by atoms with Crippen LogP contribution in [0.3, 0.4) is 0 Å². The number of hydrogen-bond acceptors (Lipinski definition) is 4. The lowest BCUT2D eigenvalue weighted by atomic mass is 10.1. The van der Waals surface area contributed by atoms with Crippen LogP contribution in [0.4, 0.5) is 11.5 Å². The highest BCUT2D eigenvalue weighted by Crippen LogP contribution is 2.23. The van der Waals surface area contributed by atoms with Crippen LogP contribution in [-0.4, -0.2) is 41.7 Å². The summed E-state index contributed by atoms with van der Waals surface area (Å²) in [6, 6.07) is 4.34. The predicted molar refractivity (Wildman–Crippen MR) is 85.0 cm³/mol. The number of rotatable bonds is 6. The number of hydrogen-bond donors (Lipinski definition) is 1. The second-order valence-corrected chi connectivity index (χ2v) is 6.05. The van der Waals surface area contributed by atoms with Crippen LogP contribution in [0.15, 0.2) is 18.3 Å². The third-order valence-corrected chi connectivity index (χ3v) is 4.01. The average molecular weight is 291 g/mol. The van der Waals surface area contributed by atoms with Crippen molar-refractivity contribution in [2.24, 2.45) is 5.92 Å². The van der Waals surface area contributed by atoms with E-state index >= 15 is 0 Å². The molecule has 21 heavy (non-hydrogen) atoms. The molecule has 0 spiro atoms. The lowest BCUT2D eigenvalue weighted by Crippen LogP contribution is -2.37. The second kappa shape index (κ2) is 6.78. The molecule has 1 aliphatic rings. The van der Waals surface area contributed by atoms with Crippen molar-refractivity contribution < 1.29 is 9.90 Å². The summed E-state index contributed by atoms with van der Waals surface area (Å²) < 4.78 is 0. The SMILES string of the molecule is CC(CN(c1ccc(N2CCCC2)nc1)C(C)C)C(=O)O. The van der Waals surface area contributed by atoms with E-state index in [1.165, 1.54) is 12.8 Å². The maximum absolute atomic E-state index is 11.1. The Hall–Kier alpha value is -1.78. The lowest BCUT2D eigenvalue weighted by molar-refractivity contribution is -0.140. The van der Waals surface area contributed by atoms with Gasteiger partial charge in [0.05, 0.1) is 17.8 Å². The fraction of sp³-hybridized carbons (Fsp3) is 0.625. The summed E-state index contributed by atoms with van der Waals surface area (Å²) in [5, 5.41) is 9.10. The van der Waals surface area contributed by atoms with E-state index in [1.807, 2.05) is 12.3 Å². The Bertz CT molecular complexity index is 467. The van der Waals surface area contributed by atoms with Crippen molar-refractivity contribution in [1.82, 2.24) is 4.98 Å². The van der Waals surface area contributed by atoms with Gasteiger partial charge in [-0.05, 0) is 38.8 Å². The maximum Gasteiger partial charge on any atom is 0.308 e. The second-order valence-electron chi connectivity index (χ2n) is 6.05. The molecule has 0 bridgehead atoms. The zero-order valence-electron chi connectivity index (χ0n) is 13.1. The van der Waals surface area contributed by atoms with Gasteiger partial charge in [0.15, 0.2) is 0 Å². The zero-order valence-corrected chi connectivity index (χ0v) is 13.1. The molecule has 2 heterocycles. The first-order valence-electron chi connectivity index (χ1n) is 7.69. The molecule has 1 fully saturated rings. The molecular weight excluding hydrogens is 266 g/mol. The summed E-state index contributed by atoms with van der Waals surface area (Å²) >= 11 is 0. The Morgan fingerprint density at radius 3 is 2.48 bits per heavy atom. The smallest absolute Gasteiger partial charge is 0.308 e. The van der Waals surface area contributed by atoms with Gasteiger partial charge >= 0.3 is 5.97 Å². The largest absolute Gasteiger partial charge is 0.481 e. The number of carbonyl (C=O) groups is 1. The molecule has 0 amide bonds. The zero-order chi connectivity index (χ0) is 15.4. The van der Waals surface area contributed by atoms with Crippen LogP contribution in [-0.2, 0) is 4.79 Å². The van der Waals surface area contributed by atoms with Crippen LogP contribution in [0.5, 0.6) is 0 Å². The van der Waals surface area contributed by atoms with Crippen LogP contribution < -0.4 is 9.80 Å². The van der Waals surface area contributed by atoms with Gasteiger partial charge < -0.3 is 14.9 Å². The average Bonchev–Trinajstić information content (AvgIpc) is 2.98. The van der Waals surface area contributed by atoms with Crippen LogP contribution in [0.1, 0.15) is 33.6 Å². The standard InChI is InChI=1S/C16H25N3O2/c1-12(2)19(11-13(3)16(20)21)14-6-7-15(17-10-14)18-8-4-5-9-18/h6-7,10,12-13H,4-5,8-9,11H2,1-3H3,(H,20,21). The topological polar surface area (TPSA) is 56.7 Å². The van der Waals surface area contributed by atoms with E-state index in [0.717, 1.165) is 24.6 Å². The molecule has 5 nitrogen and oxygen atoms in total. The minimum Gasteiger partial charge on any atom is -0.481 e. The quantitative estimate of drug-likeness (QED) is 0.873. The third-order valence-electron chi connectivity index (χ3n) is 4.01. The van der Waals surface area contributed by atoms with Gasteiger partial charge in [0.2, 0.25) is 0 Å². The van der Waals surface area contributed by atoms with E-state index in [2.05, 4.69) is 34.7 Å². The number of carboxylic acids is 1. The van der Waals surface area contributed by atoms with Crippen molar-refractivity contribution in [3.63, 3.8) is 0 Å². The minimum atomic E-state index is -0.762. The molecule has 1 unspecified atom stereocenters. The molecule has 0 aliphatic carbocycles. The summed E-state index contributed by atoms with van der Waals surface area (Å²) in [4.78, 5) is 20.0. The van der Waals surface area contributed by atoms with Crippen molar-refractivity contribution in [3.05, 3.63) is 18.3 Å².